The molecule has 0 radical (unpaired) electrons. The van der Waals surface area contributed by atoms with Crippen LogP contribution in [0, 0.1) is 29.1 Å². The summed E-state index contributed by atoms with van der Waals surface area (Å²) in [5.41, 5.74) is -1.61. The fraction of sp³-hybridized carbons (Fsp3) is 0.100. The summed E-state index contributed by atoms with van der Waals surface area (Å²) in [6.45, 7) is -6.30. The summed E-state index contributed by atoms with van der Waals surface area (Å²) in [5.74, 6) is -12.9. The highest BCUT2D eigenvalue weighted by Gasteiger charge is 2.37. The molecule has 0 saturated heterocycles. The van der Waals surface area contributed by atoms with Gasteiger partial charge in [0, 0.05) is 5.56 Å². The smallest absolute Gasteiger partial charge is 0.445 e. The Morgan fingerprint density at radius 2 is 1.06 bits per heavy atom. The Balaban J connectivity index is 0.000000221. The van der Waals surface area contributed by atoms with Gasteiger partial charge in [-0.2, -0.15) is 0 Å². The Morgan fingerprint density at radius 1 is 0.677 bits per heavy atom. The molecule has 0 fully saturated rings. The van der Waals surface area contributed by atoms with E-state index in [2.05, 4.69) is 0 Å². The molecule has 11 heteroatoms. The van der Waals surface area contributed by atoms with Gasteiger partial charge in [0.2, 0.25) is 0 Å². The molecule has 0 aliphatic heterocycles. The molecule has 1 unspecified atom stereocenters. The van der Waals surface area contributed by atoms with Crippen LogP contribution in [0.1, 0.15) is 5.56 Å². The van der Waals surface area contributed by atoms with Crippen LogP contribution in [0.15, 0.2) is 65.6 Å². The van der Waals surface area contributed by atoms with E-state index >= 15 is 0 Å². The molecule has 0 aliphatic rings. The van der Waals surface area contributed by atoms with Gasteiger partial charge in [0.15, 0.2) is 22.3 Å². The standard InChI is InChI=1S/C14H15OS.C6BF8/c1-16(15,14-10-6-3-7-11-14)12-13-8-4-2-5-9-13;8-2-1(7(13,14)15)3(9)5(11)6(12)4(2)10/h2-11H,12H2,1H3;/q+1;-1. The first-order valence-corrected chi connectivity index (χ1v) is 10.8. The molecule has 0 amide bonds. The molecule has 1 atom stereocenters. The van der Waals surface area contributed by atoms with Crippen molar-refractivity contribution in [2.45, 2.75) is 10.6 Å². The molecular weight excluding hydrogens is 451 g/mol. The number of hydrogen-bond acceptors (Lipinski definition) is 1. The first-order valence-electron chi connectivity index (χ1n) is 8.63. The molecule has 0 heterocycles. The van der Waals surface area contributed by atoms with Gasteiger partial charge in [0.25, 0.3) is 0 Å². The van der Waals surface area contributed by atoms with E-state index in [-0.39, 0.29) is 0 Å². The van der Waals surface area contributed by atoms with E-state index < -0.39 is 51.5 Å². The highest BCUT2D eigenvalue weighted by atomic mass is 32.2. The topological polar surface area (TPSA) is 17.1 Å². The fourth-order valence-corrected chi connectivity index (χ4v) is 4.32. The molecule has 0 spiro atoms. The second-order valence-electron chi connectivity index (χ2n) is 6.51. The first kappa shape index (κ1) is 24.6. The van der Waals surface area contributed by atoms with E-state index in [9.17, 15) is 39.1 Å². The van der Waals surface area contributed by atoms with Crippen molar-refractivity contribution in [2.75, 3.05) is 6.26 Å². The van der Waals surface area contributed by atoms with Crippen LogP contribution in [-0.2, 0) is 19.9 Å². The minimum absolute atomic E-state index is 0.609. The second kappa shape index (κ2) is 9.63. The van der Waals surface area contributed by atoms with Gasteiger partial charge in [-0.3, -0.25) is 0 Å². The highest BCUT2D eigenvalue weighted by Crippen LogP contribution is 2.22. The summed E-state index contributed by atoms with van der Waals surface area (Å²) in [7, 11) is -1.96. The lowest BCUT2D eigenvalue weighted by molar-refractivity contribution is 0.377. The van der Waals surface area contributed by atoms with Gasteiger partial charge in [-0.1, -0.05) is 52.7 Å². The average Bonchev–Trinajstić information content (AvgIpc) is 2.71. The third-order valence-corrected chi connectivity index (χ3v) is 6.25. The molecule has 0 saturated carbocycles. The molecule has 1 nitrogen and oxygen atoms in total. The van der Waals surface area contributed by atoms with Gasteiger partial charge >= 0.3 is 6.98 Å². The average molecular weight is 466 g/mol. The van der Waals surface area contributed by atoms with E-state index in [0.717, 1.165) is 10.5 Å². The Hall–Kier alpha value is -2.69. The predicted molar refractivity (Wildman–Crippen MR) is 104 cm³/mol. The van der Waals surface area contributed by atoms with Crippen LogP contribution in [0.3, 0.4) is 0 Å². The monoisotopic (exact) mass is 466 g/mol. The van der Waals surface area contributed by atoms with Crippen molar-refractivity contribution in [3.8, 4) is 0 Å². The number of halogens is 8. The predicted octanol–water partition coefficient (Wildman–Crippen LogP) is 5.81. The normalized spacial score (nSPS) is 13.2. The zero-order chi connectivity index (χ0) is 23.4. The van der Waals surface area contributed by atoms with E-state index in [4.69, 9.17) is 0 Å². The van der Waals surface area contributed by atoms with Gasteiger partial charge in [-0.15, -0.1) is 0 Å². The maximum Gasteiger partial charge on any atom is 0.515 e. The zero-order valence-corrected chi connectivity index (χ0v) is 16.7. The van der Waals surface area contributed by atoms with Gasteiger partial charge in [0.05, 0.1) is 0 Å². The van der Waals surface area contributed by atoms with E-state index in [1.54, 1.807) is 0 Å². The fourth-order valence-electron chi connectivity index (χ4n) is 2.59. The van der Waals surface area contributed by atoms with Crippen molar-refractivity contribution in [1.82, 2.24) is 0 Å². The molecule has 3 rings (SSSR count). The van der Waals surface area contributed by atoms with E-state index in [1.165, 1.54) is 0 Å². The van der Waals surface area contributed by atoms with Crippen LogP contribution in [0.4, 0.5) is 34.9 Å². The van der Waals surface area contributed by atoms with Crippen LogP contribution < -0.4 is 5.46 Å². The lowest BCUT2D eigenvalue weighted by Crippen LogP contribution is -2.41. The summed E-state index contributed by atoms with van der Waals surface area (Å²) in [6, 6.07) is 19.7. The molecule has 0 N–H and O–H groups in total. The highest BCUT2D eigenvalue weighted by molar-refractivity contribution is 8.01. The van der Waals surface area contributed by atoms with Crippen molar-refractivity contribution in [3.63, 3.8) is 0 Å². The number of rotatable bonds is 4. The number of benzene rings is 3. The second-order valence-corrected chi connectivity index (χ2v) is 9.28. The summed E-state index contributed by atoms with van der Waals surface area (Å²) < 4.78 is 110. The van der Waals surface area contributed by atoms with Gasteiger partial charge < -0.3 is 12.9 Å². The van der Waals surface area contributed by atoms with Gasteiger partial charge in [-0.05, 0) is 17.6 Å². The van der Waals surface area contributed by atoms with Crippen LogP contribution in [0.5, 0.6) is 0 Å². The van der Waals surface area contributed by atoms with Crippen LogP contribution in [0.2, 0.25) is 0 Å². The largest absolute Gasteiger partial charge is 0.515 e. The summed E-state index contributed by atoms with van der Waals surface area (Å²) in [4.78, 5) is 0.929. The lowest BCUT2D eigenvalue weighted by Gasteiger charge is -2.17. The van der Waals surface area contributed by atoms with Crippen LogP contribution in [-0.4, -0.2) is 13.2 Å². The molecule has 3 aromatic carbocycles. The summed E-state index contributed by atoms with van der Waals surface area (Å²) >= 11 is 0. The van der Waals surface area contributed by atoms with Crippen molar-refractivity contribution >= 4 is 22.4 Å². The SMILES string of the molecule is C[S+](=O)(Cc1ccccc1)c1ccccc1.Fc1c(F)c(F)c([B-](F)(F)F)c(F)c1F. The molecule has 3 aromatic rings. The third-order valence-electron chi connectivity index (χ3n) is 4.10. The zero-order valence-electron chi connectivity index (χ0n) is 15.9. The van der Waals surface area contributed by atoms with Crippen molar-refractivity contribution < 1.29 is 39.1 Å². The third kappa shape index (κ3) is 5.93. The Kier molecular flexibility index (Phi) is 7.64. The summed E-state index contributed by atoms with van der Waals surface area (Å²) in [6.07, 6.45) is 1.83. The van der Waals surface area contributed by atoms with Crippen LogP contribution in [0.25, 0.3) is 0 Å². The van der Waals surface area contributed by atoms with Crippen molar-refractivity contribution in [3.05, 3.63) is 95.3 Å². The Morgan fingerprint density at radius 3 is 1.48 bits per heavy atom. The number of hydrogen-bond donors (Lipinski definition) is 0. The van der Waals surface area contributed by atoms with Gasteiger partial charge in [0.1, 0.15) is 33.6 Å². The maximum atomic E-state index is 12.6. The van der Waals surface area contributed by atoms with E-state index in [1.807, 2.05) is 66.9 Å². The summed E-state index contributed by atoms with van der Waals surface area (Å²) in [5, 5.41) is 0. The van der Waals surface area contributed by atoms with E-state index in [0.29, 0.717) is 5.75 Å². The lowest BCUT2D eigenvalue weighted by atomic mass is 9.79. The van der Waals surface area contributed by atoms with Gasteiger partial charge in [-0.25, -0.2) is 22.0 Å². The molecule has 0 aliphatic carbocycles. The first-order chi connectivity index (χ1) is 14.4. The minimum Gasteiger partial charge on any atom is -0.445 e. The Labute approximate surface area is 174 Å². The maximum absolute atomic E-state index is 12.6. The minimum atomic E-state index is -6.30. The molecule has 0 bridgehead atoms. The molecular formula is C20H15BF8OS. The van der Waals surface area contributed by atoms with Crippen molar-refractivity contribution in [2.24, 2.45) is 0 Å². The van der Waals surface area contributed by atoms with Crippen molar-refractivity contribution in [1.29, 1.82) is 0 Å². The molecule has 0 aromatic heterocycles. The Bertz CT molecular complexity index is 1060. The molecule has 31 heavy (non-hydrogen) atoms. The van der Waals surface area contributed by atoms with Crippen LogP contribution >= 0.6 is 0 Å². The molecule has 166 valence electrons. The quantitative estimate of drug-likeness (QED) is 0.156.